The van der Waals surface area contributed by atoms with Crippen LogP contribution in [0.2, 0.25) is 0 Å². The third kappa shape index (κ3) is 37.3. The Morgan fingerprint density at radius 2 is 0.875 bits per heavy atom. The van der Waals surface area contributed by atoms with Crippen molar-refractivity contribution in [2.75, 3.05) is 6.61 Å². The largest absolute Gasteiger partial charge is 1.00 e. The average Bonchev–Trinajstić information content (AvgIpc) is 2.91. The summed E-state index contributed by atoms with van der Waals surface area (Å²) in [6.07, 6.45) is 41.1. The molecule has 0 amide bonds. The van der Waals surface area contributed by atoms with Gasteiger partial charge in [0, 0.05) is 5.92 Å². The van der Waals surface area contributed by atoms with E-state index in [1.54, 1.807) is 0 Å². The summed E-state index contributed by atoms with van der Waals surface area (Å²) >= 11 is 0. The molecule has 0 aliphatic rings. The van der Waals surface area contributed by atoms with Crippen LogP contribution in [0.15, 0.2) is 12.2 Å². The molecule has 0 aliphatic heterocycles. The fourth-order valence-electron chi connectivity index (χ4n) is 5.40. The molecule has 0 aliphatic carbocycles. The second-order valence-electron chi connectivity index (χ2n) is 11.9. The quantitative estimate of drug-likeness (QED) is 0.0251. The van der Waals surface area contributed by atoms with Crippen LogP contribution in [0.1, 0.15) is 194 Å². The van der Waals surface area contributed by atoms with Gasteiger partial charge in [0.1, 0.15) is 0 Å². The molecule has 0 aromatic heterocycles. The summed E-state index contributed by atoms with van der Waals surface area (Å²) in [5, 5.41) is 0. The van der Waals surface area contributed by atoms with Crippen LogP contribution in [0, 0.1) is 5.92 Å². The SMILES string of the molecule is CCCCCCCCCCCCCCCCCCCC/C=C/C(CCCCCCCCCC)COS(=O)(=O)[O-].[K+]. The molecule has 0 rings (SSSR count). The summed E-state index contributed by atoms with van der Waals surface area (Å²) in [4.78, 5) is 0. The van der Waals surface area contributed by atoms with Crippen LogP contribution in [-0.4, -0.2) is 19.6 Å². The average molecular weight is 611 g/mol. The molecular formula is C34H67KO4S. The molecule has 0 aromatic rings. The van der Waals surface area contributed by atoms with E-state index in [0.717, 1.165) is 19.3 Å². The minimum absolute atomic E-state index is 0. The van der Waals surface area contributed by atoms with Crippen molar-refractivity contribution in [1.82, 2.24) is 0 Å². The molecule has 0 radical (unpaired) electrons. The van der Waals surface area contributed by atoms with E-state index in [2.05, 4.69) is 30.2 Å². The molecule has 4 nitrogen and oxygen atoms in total. The van der Waals surface area contributed by atoms with Gasteiger partial charge in [-0.3, -0.25) is 4.18 Å². The van der Waals surface area contributed by atoms with Gasteiger partial charge in [-0.2, -0.15) is 0 Å². The van der Waals surface area contributed by atoms with E-state index in [1.807, 2.05) is 0 Å². The first kappa shape index (κ1) is 43.4. The zero-order chi connectivity index (χ0) is 28.7. The van der Waals surface area contributed by atoms with Crippen molar-refractivity contribution in [3.05, 3.63) is 12.2 Å². The maximum atomic E-state index is 10.9. The van der Waals surface area contributed by atoms with Crippen LogP contribution in [0.25, 0.3) is 0 Å². The van der Waals surface area contributed by atoms with Crippen molar-refractivity contribution in [2.24, 2.45) is 5.92 Å². The van der Waals surface area contributed by atoms with Gasteiger partial charge in [0.25, 0.3) is 0 Å². The molecular weight excluding hydrogens is 544 g/mol. The minimum Gasteiger partial charge on any atom is -0.726 e. The van der Waals surface area contributed by atoms with Crippen LogP contribution in [0.5, 0.6) is 0 Å². The maximum Gasteiger partial charge on any atom is 1.00 e. The molecule has 1 unspecified atom stereocenters. The number of unbranched alkanes of at least 4 members (excludes halogenated alkanes) is 25. The van der Waals surface area contributed by atoms with Crippen molar-refractivity contribution >= 4 is 10.4 Å². The molecule has 234 valence electrons. The van der Waals surface area contributed by atoms with E-state index in [4.69, 9.17) is 0 Å². The van der Waals surface area contributed by atoms with E-state index >= 15 is 0 Å². The molecule has 1 atom stereocenters. The second kappa shape index (κ2) is 34.7. The number of allylic oxidation sites excluding steroid dienone is 1. The molecule has 0 saturated heterocycles. The minimum atomic E-state index is -4.62. The standard InChI is InChI=1S/C34H68O4S.K/c1-3-5-7-9-11-13-14-15-16-17-18-19-20-21-22-23-24-26-28-30-32-34(33-38-39(35,36)37)31-29-27-25-12-10-8-6-4-2;/h30,32,34H,3-29,31,33H2,1-2H3,(H,35,36,37);/q;+1/p-1/b32-30+;. The molecule has 0 fully saturated rings. The zero-order valence-electron chi connectivity index (χ0n) is 27.3. The van der Waals surface area contributed by atoms with Crippen LogP contribution >= 0.6 is 0 Å². The Balaban J connectivity index is 0. The Kier molecular flexibility index (Phi) is 37.7. The molecule has 0 spiro atoms. The van der Waals surface area contributed by atoms with Gasteiger partial charge in [-0.05, 0) is 19.3 Å². The van der Waals surface area contributed by atoms with Gasteiger partial charge >= 0.3 is 51.4 Å². The van der Waals surface area contributed by atoms with E-state index in [-0.39, 0.29) is 63.9 Å². The first-order chi connectivity index (χ1) is 19.0. The van der Waals surface area contributed by atoms with Crippen LogP contribution in [0.3, 0.4) is 0 Å². The predicted molar refractivity (Wildman–Crippen MR) is 169 cm³/mol. The summed E-state index contributed by atoms with van der Waals surface area (Å²) in [6, 6.07) is 0. The molecule has 0 saturated carbocycles. The van der Waals surface area contributed by atoms with Crippen molar-refractivity contribution in [1.29, 1.82) is 0 Å². The summed E-state index contributed by atoms with van der Waals surface area (Å²) in [6.45, 7) is 4.50. The Labute approximate surface area is 294 Å². The van der Waals surface area contributed by atoms with Gasteiger partial charge in [-0.25, -0.2) is 8.42 Å². The molecule has 0 bridgehead atoms. The van der Waals surface area contributed by atoms with Crippen molar-refractivity contribution in [2.45, 2.75) is 194 Å². The zero-order valence-corrected chi connectivity index (χ0v) is 31.2. The van der Waals surface area contributed by atoms with E-state index < -0.39 is 10.4 Å². The van der Waals surface area contributed by atoms with Crippen molar-refractivity contribution in [3.8, 4) is 0 Å². The molecule has 0 N–H and O–H groups in total. The third-order valence-electron chi connectivity index (χ3n) is 7.99. The first-order valence-electron chi connectivity index (χ1n) is 17.3. The molecule has 0 heterocycles. The number of hydrogen-bond acceptors (Lipinski definition) is 4. The van der Waals surface area contributed by atoms with Crippen LogP contribution in [0.4, 0.5) is 0 Å². The monoisotopic (exact) mass is 610 g/mol. The second-order valence-corrected chi connectivity index (χ2v) is 13.0. The van der Waals surface area contributed by atoms with Gasteiger partial charge < -0.3 is 4.55 Å². The van der Waals surface area contributed by atoms with Crippen LogP contribution in [-0.2, 0) is 14.6 Å². The van der Waals surface area contributed by atoms with Gasteiger partial charge in [0.15, 0.2) is 0 Å². The fraction of sp³-hybridized carbons (Fsp3) is 0.941. The molecule has 0 aromatic carbocycles. The molecule has 40 heavy (non-hydrogen) atoms. The summed E-state index contributed by atoms with van der Waals surface area (Å²) in [5.74, 6) is 0.0179. The Morgan fingerprint density at radius 1 is 0.550 bits per heavy atom. The third-order valence-corrected chi connectivity index (χ3v) is 8.41. The molecule has 6 heteroatoms. The van der Waals surface area contributed by atoms with E-state index in [1.165, 1.54) is 161 Å². The Hall–Kier alpha value is 1.25. The first-order valence-corrected chi connectivity index (χ1v) is 18.6. The Morgan fingerprint density at radius 3 is 1.23 bits per heavy atom. The summed E-state index contributed by atoms with van der Waals surface area (Å²) in [7, 11) is -4.62. The summed E-state index contributed by atoms with van der Waals surface area (Å²) < 4.78 is 37.3. The van der Waals surface area contributed by atoms with Gasteiger partial charge in [0.05, 0.1) is 6.61 Å². The van der Waals surface area contributed by atoms with Gasteiger partial charge in [0.2, 0.25) is 10.4 Å². The predicted octanol–water partition coefficient (Wildman–Crippen LogP) is 8.60. The topological polar surface area (TPSA) is 66.4 Å². The normalized spacial score (nSPS) is 12.7. The van der Waals surface area contributed by atoms with Crippen LogP contribution < -0.4 is 51.4 Å². The fourth-order valence-corrected chi connectivity index (χ4v) is 5.74. The smallest absolute Gasteiger partial charge is 0.726 e. The number of hydrogen-bond donors (Lipinski definition) is 0. The Bertz CT molecular complexity index is 609. The maximum absolute atomic E-state index is 10.9. The van der Waals surface area contributed by atoms with E-state index in [0.29, 0.717) is 0 Å². The van der Waals surface area contributed by atoms with Gasteiger partial charge in [-0.15, -0.1) is 0 Å². The summed E-state index contributed by atoms with van der Waals surface area (Å²) in [5.41, 5.74) is 0. The van der Waals surface area contributed by atoms with Crippen molar-refractivity contribution < 1.29 is 68.5 Å². The van der Waals surface area contributed by atoms with Gasteiger partial charge in [-0.1, -0.05) is 187 Å². The van der Waals surface area contributed by atoms with Crippen molar-refractivity contribution in [3.63, 3.8) is 0 Å². The van der Waals surface area contributed by atoms with E-state index in [9.17, 15) is 13.0 Å². The number of rotatable bonds is 32.